The molecule has 1 unspecified atom stereocenters. The molecular formula is C22H23ClN4O6S2. The van der Waals surface area contributed by atoms with Crippen molar-refractivity contribution in [3.63, 3.8) is 0 Å². The van der Waals surface area contributed by atoms with Crippen LogP contribution in [0.3, 0.4) is 0 Å². The van der Waals surface area contributed by atoms with Gasteiger partial charge in [0.2, 0.25) is 0 Å². The number of imide groups is 1. The van der Waals surface area contributed by atoms with Crippen molar-refractivity contribution in [2.45, 2.75) is 29.1 Å². The van der Waals surface area contributed by atoms with Gasteiger partial charge in [-0.2, -0.15) is 4.31 Å². The first-order chi connectivity index (χ1) is 16.6. The Hall–Kier alpha value is -2.80. The van der Waals surface area contributed by atoms with Crippen LogP contribution < -0.4 is 15.4 Å². The molecule has 3 aromatic rings. The summed E-state index contributed by atoms with van der Waals surface area (Å²) in [6.45, 7) is 0.361. The number of nitrogens with one attached hydrogen (secondary N) is 2. The molecule has 0 bridgehead atoms. The summed E-state index contributed by atoms with van der Waals surface area (Å²) in [4.78, 5) is 25.3. The Labute approximate surface area is 210 Å². The molecule has 2 aliphatic heterocycles. The summed E-state index contributed by atoms with van der Waals surface area (Å²) in [5.41, 5.74) is -1.34. The van der Waals surface area contributed by atoms with Gasteiger partial charge in [-0.05, 0) is 49.1 Å². The van der Waals surface area contributed by atoms with Gasteiger partial charge < -0.3 is 19.7 Å². The zero-order valence-electron chi connectivity index (χ0n) is 18.7. The number of urea groups is 1. The highest BCUT2D eigenvalue weighted by Crippen LogP contribution is 2.38. The number of amides is 3. The second-order valence-electron chi connectivity index (χ2n) is 8.65. The van der Waals surface area contributed by atoms with E-state index < -0.39 is 27.5 Å². The Balaban J connectivity index is 1.42. The molecule has 4 heterocycles. The lowest BCUT2D eigenvalue weighted by molar-refractivity contribution is -0.127. The quantitative estimate of drug-likeness (QED) is 0.414. The lowest BCUT2D eigenvalue weighted by Crippen LogP contribution is -2.58. The fraction of sp³-hybridized carbons (Fsp3) is 0.364. The number of carbonyl (C=O) groups excluding carboxylic acids is 2. The smallest absolute Gasteiger partial charge is 0.322 e. The van der Waals surface area contributed by atoms with Crippen molar-refractivity contribution in [2.75, 3.05) is 20.2 Å². The van der Waals surface area contributed by atoms with Gasteiger partial charge in [0, 0.05) is 30.1 Å². The van der Waals surface area contributed by atoms with E-state index in [9.17, 15) is 23.1 Å². The molecule has 1 aromatic carbocycles. The number of hydrogen-bond donors (Lipinski definition) is 3. The summed E-state index contributed by atoms with van der Waals surface area (Å²) in [6.07, 6.45) is 2.40. The number of thiophene rings is 1. The number of carbonyl (C=O) groups is 2. The fourth-order valence-corrected chi connectivity index (χ4v) is 8.04. The Kier molecular flexibility index (Phi) is 5.94. The molecule has 1 atom stereocenters. The molecule has 0 saturated carbocycles. The minimum Gasteiger partial charge on any atom is -0.497 e. The van der Waals surface area contributed by atoms with E-state index in [2.05, 4.69) is 10.6 Å². The first-order valence-corrected chi connectivity index (χ1v) is 13.5. The van der Waals surface area contributed by atoms with Gasteiger partial charge in [-0.15, -0.1) is 11.3 Å². The number of halogens is 1. The van der Waals surface area contributed by atoms with Crippen molar-refractivity contribution in [1.29, 1.82) is 0 Å². The number of aromatic hydroxyl groups is 1. The van der Waals surface area contributed by atoms with E-state index in [0.717, 1.165) is 16.7 Å². The van der Waals surface area contributed by atoms with Crippen molar-refractivity contribution >= 4 is 55.7 Å². The summed E-state index contributed by atoms with van der Waals surface area (Å²) in [7, 11) is -2.15. The van der Waals surface area contributed by atoms with Crippen molar-refractivity contribution in [3.8, 4) is 11.6 Å². The van der Waals surface area contributed by atoms with E-state index in [1.807, 2.05) is 0 Å². The van der Waals surface area contributed by atoms with Crippen LogP contribution in [0.15, 0.2) is 40.7 Å². The Morgan fingerprint density at radius 3 is 2.57 bits per heavy atom. The average Bonchev–Trinajstić information content (AvgIpc) is 3.50. The van der Waals surface area contributed by atoms with Gasteiger partial charge in [-0.25, -0.2) is 13.2 Å². The number of sulfonamides is 1. The zero-order chi connectivity index (χ0) is 25.0. The summed E-state index contributed by atoms with van der Waals surface area (Å²) in [6, 6.07) is 7.63. The van der Waals surface area contributed by atoms with Gasteiger partial charge in [0.25, 0.3) is 15.9 Å². The molecule has 0 aliphatic carbocycles. The Morgan fingerprint density at radius 1 is 1.23 bits per heavy atom. The number of fused-ring (bicyclic) bond motifs is 1. The number of nitrogens with zero attached hydrogens (tertiary/aromatic N) is 2. The molecule has 5 rings (SSSR count). The number of methoxy groups -OCH3 is 1. The van der Waals surface area contributed by atoms with Gasteiger partial charge in [-0.1, -0.05) is 11.6 Å². The summed E-state index contributed by atoms with van der Waals surface area (Å²) >= 11 is 6.92. The van der Waals surface area contributed by atoms with Gasteiger partial charge in [0.1, 0.15) is 15.5 Å². The first kappa shape index (κ1) is 23.9. The van der Waals surface area contributed by atoms with Gasteiger partial charge >= 0.3 is 6.03 Å². The van der Waals surface area contributed by atoms with Crippen molar-refractivity contribution in [2.24, 2.45) is 5.92 Å². The molecule has 3 N–H and O–H groups in total. The minimum atomic E-state index is -3.70. The molecule has 0 spiro atoms. The third kappa shape index (κ3) is 4.03. The normalized spacial score (nSPS) is 21.9. The number of piperidine rings is 1. The second kappa shape index (κ2) is 8.70. The Morgan fingerprint density at radius 2 is 1.97 bits per heavy atom. The molecule has 2 saturated heterocycles. The zero-order valence-corrected chi connectivity index (χ0v) is 21.0. The second-order valence-corrected chi connectivity index (χ2v) is 12.5. The number of ether oxygens (including phenoxy) is 1. The molecule has 3 amide bonds. The number of rotatable bonds is 6. The molecule has 10 nitrogen and oxygen atoms in total. The third-order valence-corrected chi connectivity index (χ3v) is 10.3. The van der Waals surface area contributed by atoms with E-state index in [0.29, 0.717) is 28.3 Å². The highest BCUT2D eigenvalue weighted by molar-refractivity contribution is 7.91. The molecule has 2 aliphatic rings. The molecule has 35 heavy (non-hydrogen) atoms. The fourth-order valence-electron chi connectivity index (χ4n) is 4.94. The molecule has 186 valence electrons. The van der Waals surface area contributed by atoms with Crippen molar-refractivity contribution < 1.29 is 27.9 Å². The largest absolute Gasteiger partial charge is 0.497 e. The average molecular weight is 539 g/mol. The number of benzene rings is 1. The highest BCUT2D eigenvalue weighted by atomic mass is 35.5. The standard InChI is InChI=1S/C22H23ClN4O6S2/c1-33-15-2-3-16-13(10-15)11-26(19(16)28)12-22(20(29)24-21(30)25-22)14-6-8-27(9-7-14)35(31,32)18-5-4-17(23)34-18/h2-5,10-11,14,28H,6-9,12H2,1H3,(H2,24,25,29,30). The topological polar surface area (TPSA) is 130 Å². The first-order valence-electron chi connectivity index (χ1n) is 10.9. The summed E-state index contributed by atoms with van der Waals surface area (Å²) in [5, 5.41) is 17.2. The van der Waals surface area contributed by atoms with Crippen LogP contribution >= 0.6 is 22.9 Å². The van der Waals surface area contributed by atoms with E-state index in [-0.39, 0.29) is 35.6 Å². The molecule has 0 radical (unpaired) electrons. The maximum absolute atomic E-state index is 13.1. The van der Waals surface area contributed by atoms with Crippen LogP contribution in [-0.4, -0.2) is 60.1 Å². The maximum atomic E-state index is 13.1. The van der Waals surface area contributed by atoms with Crippen LogP contribution in [0.2, 0.25) is 4.34 Å². The van der Waals surface area contributed by atoms with E-state index in [4.69, 9.17) is 16.3 Å². The van der Waals surface area contributed by atoms with Crippen LogP contribution in [0.5, 0.6) is 11.6 Å². The monoisotopic (exact) mass is 538 g/mol. The predicted molar refractivity (Wildman–Crippen MR) is 130 cm³/mol. The lowest BCUT2D eigenvalue weighted by Gasteiger charge is -2.40. The van der Waals surface area contributed by atoms with E-state index in [1.54, 1.807) is 37.6 Å². The van der Waals surface area contributed by atoms with E-state index >= 15 is 0 Å². The predicted octanol–water partition coefficient (Wildman–Crippen LogP) is 2.75. The van der Waals surface area contributed by atoms with Crippen molar-refractivity contribution in [3.05, 3.63) is 40.9 Å². The summed E-state index contributed by atoms with van der Waals surface area (Å²) in [5.74, 6) is -0.266. The molecule has 2 fully saturated rings. The maximum Gasteiger partial charge on any atom is 0.322 e. The van der Waals surface area contributed by atoms with Crippen LogP contribution in [0.4, 0.5) is 4.79 Å². The van der Waals surface area contributed by atoms with Crippen molar-refractivity contribution in [1.82, 2.24) is 19.5 Å². The molecule has 2 aromatic heterocycles. The van der Waals surface area contributed by atoms with Gasteiger partial charge in [0.05, 0.1) is 18.0 Å². The summed E-state index contributed by atoms with van der Waals surface area (Å²) < 4.78 is 34.7. The van der Waals surface area contributed by atoms with Crippen LogP contribution in [0, 0.1) is 5.92 Å². The minimum absolute atomic E-state index is 0.00858. The Bertz CT molecular complexity index is 1430. The SMILES string of the molecule is COc1ccc2c(O)n(CC3(C4CCN(S(=O)(=O)c5ccc(Cl)s5)CC4)NC(=O)NC3=O)cc2c1. The number of hydrogen-bond acceptors (Lipinski definition) is 7. The van der Waals surface area contributed by atoms with Crippen LogP contribution in [-0.2, 0) is 21.4 Å². The van der Waals surface area contributed by atoms with Gasteiger partial charge in [-0.3, -0.25) is 10.1 Å². The van der Waals surface area contributed by atoms with Crippen LogP contribution in [0.1, 0.15) is 12.8 Å². The molecule has 13 heteroatoms. The van der Waals surface area contributed by atoms with Gasteiger partial charge in [0.15, 0.2) is 5.88 Å². The third-order valence-electron chi connectivity index (χ3n) is 6.75. The lowest BCUT2D eigenvalue weighted by atomic mass is 9.77. The van der Waals surface area contributed by atoms with E-state index in [1.165, 1.54) is 14.9 Å². The highest BCUT2D eigenvalue weighted by Gasteiger charge is 2.53. The molecular weight excluding hydrogens is 516 g/mol. The number of aromatic nitrogens is 1. The van der Waals surface area contributed by atoms with Crippen LogP contribution in [0.25, 0.3) is 10.8 Å².